The molecule has 2 N–H and O–H groups in total. The molecular formula is C17H17N3O. The highest BCUT2D eigenvalue weighted by molar-refractivity contribution is 5.87. The molecule has 0 aliphatic heterocycles. The van der Waals surface area contributed by atoms with Crippen LogP contribution in [0.3, 0.4) is 0 Å². The van der Waals surface area contributed by atoms with Gasteiger partial charge in [-0.1, -0.05) is 23.4 Å². The fourth-order valence-corrected chi connectivity index (χ4v) is 2.36. The van der Waals surface area contributed by atoms with Crippen molar-refractivity contribution in [2.24, 2.45) is 0 Å². The van der Waals surface area contributed by atoms with Crippen molar-refractivity contribution < 1.29 is 4.52 Å². The van der Waals surface area contributed by atoms with Crippen molar-refractivity contribution in [2.45, 2.75) is 20.8 Å². The minimum absolute atomic E-state index is 0.328. The van der Waals surface area contributed by atoms with Crippen molar-refractivity contribution in [3.8, 4) is 22.4 Å². The molecule has 2 heterocycles. The highest BCUT2D eigenvalue weighted by Crippen LogP contribution is 2.36. The summed E-state index contributed by atoms with van der Waals surface area (Å²) in [5.74, 6) is 0.328. The van der Waals surface area contributed by atoms with Crippen LogP contribution >= 0.6 is 0 Å². The van der Waals surface area contributed by atoms with Gasteiger partial charge in [-0.2, -0.15) is 0 Å². The standard InChI is InChI=1S/C17H17N3O/c1-10-6-14(9-19-8-10)16-15(17(18)21-20-16)13-5-4-11(2)12(3)7-13/h4-9H,18H2,1-3H3. The quantitative estimate of drug-likeness (QED) is 0.772. The van der Waals surface area contributed by atoms with Crippen molar-refractivity contribution in [3.05, 3.63) is 53.3 Å². The highest BCUT2D eigenvalue weighted by Gasteiger charge is 2.18. The lowest BCUT2D eigenvalue weighted by atomic mass is 9.98. The van der Waals surface area contributed by atoms with Crippen LogP contribution in [0.4, 0.5) is 5.88 Å². The monoisotopic (exact) mass is 279 g/mol. The molecule has 0 unspecified atom stereocenters. The topological polar surface area (TPSA) is 64.9 Å². The zero-order chi connectivity index (χ0) is 15.0. The molecule has 21 heavy (non-hydrogen) atoms. The predicted molar refractivity (Wildman–Crippen MR) is 83.8 cm³/mol. The molecule has 0 radical (unpaired) electrons. The van der Waals surface area contributed by atoms with Crippen LogP contribution in [0.25, 0.3) is 22.4 Å². The molecule has 2 aromatic heterocycles. The van der Waals surface area contributed by atoms with Gasteiger partial charge in [0.1, 0.15) is 5.69 Å². The molecule has 0 spiro atoms. The Morgan fingerprint density at radius 1 is 0.952 bits per heavy atom. The van der Waals surface area contributed by atoms with Crippen LogP contribution in [0.5, 0.6) is 0 Å². The molecule has 0 atom stereocenters. The minimum Gasteiger partial charge on any atom is -0.367 e. The summed E-state index contributed by atoms with van der Waals surface area (Å²) in [7, 11) is 0. The maximum atomic E-state index is 5.99. The fourth-order valence-electron chi connectivity index (χ4n) is 2.36. The number of nitrogens with zero attached hydrogens (tertiary/aromatic N) is 2. The maximum absolute atomic E-state index is 5.99. The van der Waals surface area contributed by atoms with Gasteiger partial charge in [0.2, 0.25) is 5.88 Å². The summed E-state index contributed by atoms with van der Waals surface area (Å²) in [6, 6.07) is 8.24. The lowest BCUT2D eigenvalue weighted by Crippen LogP contribution is -1.90. The van der Waals surface area contributed by atoms with Crippen LogP contribution in [0.2, 0.25) is 0 Å². The SMILES string of the molecule is Cc1cncc(-c2noc(N)c2-c2ccc(C)c(C)c2)c1. The van der Waals surface area contributed by atoms with E-state index in [2.05, 4.69) is 36.1 Å². The average Bonchev–Trinajstić information content (AvgIpc) is 2.84. The Bertz CT molecular complexity index is 806. The molecule has 3 aromatic rings. The van der Waals surface area contributed by atoms with E-state index in [0.29, 0.717) is 5.88 Å². The van der Waals surface area contributed by atoms with Crippen LogP contribution in [0.15, 0.2) is 41.2 Å². The maximum Gasteiger partial charge on any atom is 0.230 e. The molecular weight excluding hydrogens is 262 g/mol. The molecule has 106 valence electrons. The first-order valence-corrected chi connectivity index (χ1v) is 6.81. The molecule has 0 bridgehead atoms. The Balaban J connectivity index is 2.19. The first-order chi connectivity index (χ1) is 10.1. The van der Waals surface area contributed by atoms with Crippen molar-refractivity contribution >= 4 is 5.88 Å². The fraction of sp³-hybridized carbons (Fsp3) is 0.176. The van der Waals surface area contributed by atoms with Gasteiger partial charge in [-0.3, -0.25) is 4.98 Å². The van der Waals surface area contributed by atoms with Crippen LogP contribution in [0.1, 0.15) is 16.7 Å². The number of nitrogen functional groups attached to an aromatic ring is 1. The molecule has 3 rings (SSSR count). The summed E-state index contributed by atoms with van der Waals surface area (Å²) in [4.78, 5) is 4.21. The first kappa shape index (κ1) is 13.4. The van der Waals surface area contributed by atoms with E-state index in [0.717, 1.165) is 27.9 Å². The van der Waals surface area contributed by atoms with E-state index in [-0.39, 0.29) is 0 Å². The Kier molecular flexibility index (Phi) is 3.22. The second kappa shape index (κ2) is 5.05. The molecule has 0 saturated carbocycles. The Morgan fingerprint density at radius 3 is 2.48 bits per heavy atom. The van der Waals surface area contributed by atoms with E-state index in [1.165, 1.54) is 11.1 Å². The molecule has 1 aromatic carbocycles. The number of anilines is 1. The van der Waals surface area contributed by atoms with Gasteiger partial charge >= 0.3 is 0 Å². The van der Waals surface area contributed by atoms with Gasteiger partial charge in [0.05, 0.1) is 5.56 Å². The van der Waals surface area contributed by atoms with E-state index in [1.807, 2.05) is 25.3 Å². The summed E-state index contributed by atoms with van der Waals surface area (Å²) < 4.78 is 5.21. The zero-order valence-electron chi connectivity index (χ0n) is 12.3. The third-order valence-corrected chi connectivity index (χ3v) is 3.66. The van der Waals surface area contributed by atoms with Crippen molar-refractivity contribution in [3.63, 3.8) is 0 Å². The van der Waals surface area contributed by atoms with Gasteiger partial charge in [-0.05, 0) is 49.1 Å². The van der Waals surface area contributed by atoms with Gasteiger partial charge < -0.3 is 10.3 Å². The lowest BCUT2D eigenvalue weighted by molar-refractivity contribution is 0.439. The largest absolute Gasteiger partial charge is 0.367 e. The third-order valence-electron chi connectivity index (χ3n) is 3.66. The van der Waals surface area contributed by atoms with Crippen molar-refractivity contribution in [2.75, 3.05) is 5.73 Å². The lowest BCUT2D eigenvalue weighted by Gasteiger charge is -2.06. The summed E-state index contributed by atoms with van der Waals surface area (Å²) in [5.41, 5.74) is 13.0. The number of hydrogen-bond donors (Lipinski definition) is 1. The van der Waals surface area contributed by atoms with E-state index >= 15 is 0 Å². The summed E-state index contributed by atoms with van der Waals surface area (Å²) in [6.07, 6.45) is 3.58. The second-order valence-corrected chi connectivity index (χ2v) is 5.32. The van der Waals surface area contributed by atoms with Crippen LogP contribution in [-0.4, -0.2) is 10.1 Å². The van der Waals surface area contributed by atoms with Gasteiger partial charge in [0.25, 0.3) is 0 Å². The summed E-state index contributed by atoms with van der Waals surface area (Å²) in [5, 5.41) is 4.12. The third kappa shape index (κ3) is 2.40. The molecule has 0 aliphatic carbocycles. The molecule has 4 nitrogen and oxygen atoms in total. The van der Waals surface area contributed by atoms with Crippen LogP contribution in [0, 0.1) is 20.8 Å². The summed E-state index contributed by atoms with van der Waals surface area (Å²) >= 11 is 0. The highest BCUT2D eigenvalue weighted by atomic mass is 16.5. The Hall–Kier alpha value is -2.62. The smallest absolute Gasteiger partial charge is 0.230 e. The Labute approximate surface area is 123 Å². The van der Waals surface area contributed by atoms with E-state index in [4.69, 9.17) is 10.3 Å². The zero-order valence-corrected chi connectivity index (χ0v) is 12.3. The van der Waals surface area contributed by atoms with E-state index in [1.54, 1.807) is 6.20 Å². The van der Waals surface area contributed by atoms with Crippen LogP contribution < -0.4 is 5.73 Å². The first-order valence-electron chi connectivity index (χ1n) is 6.81. The molecule has 0 fully saturated rings. The molecule has 4 heteroatoms. The van der Waals surface area contributed by atoms with Gasteiger partial charge in [0, 0.05) is 18.0 Å². The number of hydrogen-bond acceptors (Lipinski definition) is 4. The number of pyridine rings is 1. The van der Waals surface area contributed by atoms with E-state index < -0.39 is 0 Å². The number of aryl methyl sites for hydroxylation is 3. The number of aromatic nitrogens is 2. The Morgan fingerprint density at radius 2 is 1.76 bits per heavy atom. The summed E-state index contributed by atoms with van der Waals surface area (Å²) in [6.45, 7) is 6.16. The number of nitrogens with two attached hydrogens (primary N) is 1. The van der Waals surface area contributed by atoms with Crippen LogP contribution in [-0.2, 0) is 0 Å². The number of rotatable bonds is 2. The average molecular weight is 279 g/mol. The normalized spacial score (nSPS) is 10.8. The van der Waals surface area contributed by atoms with Crippen molar-refractivity contribution in [1.82, 2.24) is 10.1 Å². The molecule has 0 amide bonds. The van der Waals surface area contributed by atoms with E-state index in [9.17, 15) is 0 Å². The second-order valence-electron chi connectivity index (χ2n) is 5.32. The molecule has 0 saturated heterocycles. The number of benzene rings is 1. The van der Waals surface area contributed by atoms with Crippen molar-refractivity contribution in [1.29, 1.82) is 0 Å². The van der Waals surface area contributed by atoms with Gasteiger partial charge in [-0.25, -0.2) is 0 Å². The van der Waals surface area contributed by atoms with Gasteiger partial charge in [0.15, 0.2) is 0 Å². The molecule has 0 aliphatic rings. The predicted octanol–water partition coefficient (Wildman–Crippen LogP) is 3.91. The minimum atomic E-state index is 0.328. The van der Waals surface area contributed by atoms with Gasteiger partial charge in [-0.15, -0.1) is 0 Å².